The highest BCUT2D eigenvalue weighted by Gasteiger charge is 2.41. The summed E-state index contributed by atoms with van der Waals surface area (Å²) in [5, 5.41) is 7.28. The SMILES string of the molecule is Cc1[nH]nc(CCC(=O)N2CCC3(CCCC3)C2)c1C. The van der Waals surface area contributed by atoms with Crippen LogP contribution in [0.25, 0.3) is 0 Å². The first-order valence-electron chi connectivity index (χ1n) is 7.88. The highest BCUT2D eigenvalue weighted by Crippen LogP contribution is 2.45. The van der Waals surface area contributed by atoms with Crippen LogP contribution in [0.5, 0.6) is 0 Å². The summed E-state index contributed by atoms with van der Waals surface area (Å²) in [6.45, 7) is 6.07. The molecule has 2 fully saturated rings. The Morgan fingerprint density at radius 2 is 2.05 bits per heavy atom. The Bertz CT molecular complexity index is 500. The second-order valence-corrected chi connectivity index (χ2v) is 6.69. The predicted octanol–water partition coefficient (Wildman–Crippen LogP) is 2.75. The minimum atomic E-state index is 0.314. The van der Waals surface area contributed by atoms with Gasteiger partial charge in [0.05, 0.1) is 5.69 Å². The summed E-state index contributed by atoms with van der Waals surface area (Å²) in [6, 6.07) is 0. The number of amides is 1. The molecule has 3 rings (SSSR count). The van der Waals surface area contributed by atoms with E-state index in [1.165, 1.54) is 37.7 Å². The molecule has 1 aromatic rings. The number of hydrogen-bond acceptors (Lipinski definition) is 2. The van der Waals surface area contributed by atoms with E-state index in [-0.39, 0.29) is 0 Å². The van der Waals surface area contributed by atoms with Crippen molar-refractivity contribution in [1.29, 1.82) is 0 Å². The molecular weight excluding hydrogens is 250 g/mol. The molecule has 4 nitrogen and oxygen atoms in total. The molecule has 0 atom stereocenters. The summed E-state index contributed by atoms with van der Waals surface area (Å²) in [6.07, 6.45) is 7.95. The lowest BCUT2D eigenvalue weighted by Gasteiger charge is -2.23. The number of aromatic nitrogens is 2. The van der Waals surface area contributed by atoms with Gasteiger partial charge in [-0.05, 0) is 44.1 Å². The molecule has 1 aliphatic carbocycles. The fourth-order valence-corrected chi connectivity index (χ4v) is 3.84. The Morgan fingerprint density at radius 1 is 1.30 bits per heavy atom. The normalized spacial score (nSPS) is 21.0. The highest BCUT2D eigenvalue weighted by atomic mass is 16.2. The highest BCUT2D eigenvalue weighted by molar-refractivity contribution is 5.76. The Hall–Kier alpha value is -1.32. The van der Waals surface area contributed by atoms with Gasteiger partial charge in [0.2, 0.25) is 5.91 Å². The summed E-state index contributed by atoms with van der Waals surface area (Å²) in [7, 11) is 0. The molecule has 1 saturated carbocycles. The van der Waals surface area contributed by atoms with Gasteiger partial charge in [-0.1, -0.05) is 12.8 Å². The average Bonchev–Trinajstić information content (AvgIpc) is 3.14. The van der Waals surface area contributed by atoms with Crippen LogP contribution in [0.2, 0.25) is 0 Å². The van der Waals surface area contributed by atoms with Gasteiger partial charge in [-0.25, -0.2) is 0 Å². The van der Waals surface area contributed by atoms with Gasteiger partial charge in [-0.2, -0.15) is 5.10 Å². The van der Waals surface area contributed by atoms with Gasteiger partial charge in [-0.15, -0.1) is 0 Å². The number of likely N-dealkylation sites (tertiary alicyclic amines) is 1. The summed E-state index contributed by atoms with van der Waals surface area (Å²) in [4.78, 5) is 14.5. The summed E-state index contributed by atoms with van der Waals surface area (Å²) in [5.41, 5.74) is 3.84. The van der Waals surface area contributed by atoms with Gasteiger partial charge in [0.1, 0.15) is 0 Å². The zero-order valence-corrected chi connectivity index (χ0v) is 12.7. The quantitative estimate of drug-likeness (QED) is 0.922. The largest absolute Gasteiger partial charge is 0.342 e. The van der Waals surface area contributed by atoms with Gasteiger partial charge in [0.15, 0.2) is 0 Å². The van der Waals surface area contributed by atoms with Crippen molar-refractivity contribution in [1.82, 2.24) is 15.1 Å². The van der Waals surface area contributed by atoms with Crippen LogP contribution in [0.15, 0.2) is 0 Å². The standard InChI is InChI=1S/C16H25N3O/c1-12-13(2)17-18-14(12)5-6-15(20)19-10-9-16(11-19)7-3-4-8-16/h3-11H2,1-2H3,(H,17,18). The first-order chi connectivity index (χ1) is 9.60. The Labute approximate surface area is 120 Å². The maximum atomic E-state index is 12.4. The molecule has 20 heavy (non-hydrogen) atoms. The van der Waals surface area contributed by atoms with Crippen LogP contribution in [-0.4, -0.2) is 34.1 Å². The van der Waals surface area contributed by atoms with Crippen LogP contribution >= 0.6 is 0 Å². The molecule has 2 heterocycles. The van der Waals surface area contributed by atoms with E-state index in [0.717, 1.165) is 30.9 Å². The molecule has 0 bridgehead atoms. The number of carbonyl (C=O) groups is 1. The van der Waals surface area contributed by atoms with E-state index in [1.54, 1.807) is 0 Å². The topological polar surface area (TPSA) is 49.0 Å². The third-order valence-corrected chi connectivity index (χ3v) is 5.38. The van der Waals surface area contributed by atoms with Crippen LogP contribution in [0.1, 0.15) is 55.5 Å². The van der Waals surface area contributed by atoms with Gasteiger partial charge in [0.25, 0.3) is 0 Å². The van der Waals surface area contributed by atoms with Gasteiger partial charge in [-0.3, -0.25) is 9.89 Å². The average molecular weight is 275 g/mol. The molecule has 110 valence electrons. The van der Waals surface area contributed by atoms with Crippen LogP contribution in [0.3, 0.4) is 0 Å². The van der Waals surface area contributed by atoms with E-state index >= 15 is 0 Å². The number of aromatic amines is 1. The minimum Gasteiger partial charge on any atom is -0.342 e. The minimum absolute atomic E-state index is 0.314. The summed E-state index contributed by atoms with van der Waals surface area (Å²) >= 11 is 0. The number of nitrogens with one attached hydrogen (secondary N) is 1. The molecule has 0 aromatic carbocycles. The van der Waals surface area contributed by atoms with Crippen molar-refractivity contribution in [2.24, 2.45) is 5.41 Å². The van der Waals surface area contributed by atoms with Gasteiger partial charge >= 0.3 is 0 Å². The number of carbonyl (C=O) groups excluding carboxylic acids is 1. The zero-order valence-electron chi connectivity index (χ0n) is 12.7. The smallest absolute Gasteiger partial charge is 0.222 e. The maximum Gasteiger partial charge on any atom is 0.222 e. The molecule has 1 amide bonds. The predicted molar refractivity (Wildman–Crippen MR) is 78.5 cm³/mol. The molecule has 1 saturated heterocycles. The second kappa shape index (κ2) is 5.23. The van der Waals surface area contributed by atoms with Crippen LogP contribution in [0.4, 0.5) is 0 Å². The molecular formula is C16H25N3O. The molecule has 1 spiro atoms. The molecule has 0 unspecified atom stereocenters. The van der Waals surface area contributed by atoms with Crippen molar-refractivity contribution in [2.75, 3.05) is 13.1 Å². The van der Waals surface area contributed by atoms with E-state index in [2.05, 4.69) is 22.0 Å². The van der Waals surface area contributed by atoms with Crippen LogP contribution in [-0.2, 0) is 11.2 Å². The monoisotopic (exact) mass is 275 g/mol. The Balaban J connectivity index is 1.54. The van der Waals surface area contributed by atoms with Crippen molar-refractivity contribution in [3.8, 4) is 0 Å². The molecule has 1 aromatic heterocycles. The van der Waals surface area contributed by atoms with E-state index in [0.29, 0.717) is 17.7 Å². The molecule has 1 aliphatic heterocycles. The lowest BCUT2D eigenvalue weighted by atomic mass is 9.86. The molecule has 1 N–H and O–H groups in total. The number of rotatable bonds is 3. The fourth-order valence-electron chi connectivity index (χ4n) is 3.84. The van der Waals surface area contributed by atoms with Crippen molar-refractivity contribution in [3.63, 3.8) is 0 Å². The van der Waals surface area contributed by atoms with E-state index < -0.39 is 0 Å². The van der Waals surface area contributed by atoms with Crippen molar-refractivity contribution >= 4 is 5.91 Å². The van der Waals surface area contributed by atoms with Crippen molar-refractivity contribution in [2.45, 2.75) is 58.8 Å². The van der Waals surface area contributed by atoms with Gasteiger partial charge < -0.3 is 4.90 Å². The molecule has 2 aliphatic rings. The van der Waals surface area contributed by atoms with Crippen molar-refractivity contribution < 1.29 is 4.79 Å². The number of hydrogen-bond donors (Lipinski definition) is 1. The third-order valence-electron chi connectivity index (χ3n) is 5.38. The maximum absolute atomic E-state index is 12.4. The lowest BCUT2D eigenvalue weighted by molar-refractivity contribution is -0.130. The second-order valence-electron chi connectivity index (χ2n) is 6.69. The van der Waals surface area contributed by atoms with Crippen LogP contribution in [0, 0.1) is 19.3 Å². The zero-order chi connectivity index (χ0) is 14.2. The van der Waals surface area contributed by atoms with Crippen LogP contribution < -0.4 is 0 Å². The molecule has 4 heteroatoms. The number of H-pyrrole nitrogens is 1. The van der Waals surface area contributed by atoms with Gasteiger partial charge in [0, 0.05) is 31.6 Å². The van der Waals surface area contributed by atoms with E-state index in [4.69, 9.17) is 0 Å². The first kappa shape index (κ1) is 13.7. The molecule has 0 radical (unpaired) electrons. The first-order valence-corrected chi connectivity index (χ1v) is 7.88. The third kappa shape index (κ3) is 2.48. The Kier molecular flexibility index (Phi) is 3.57. The van der Waals surface area contributed by atoms with E-state index in [1.807, 2.05) is 6.92 Å². The number of aryl methyl sites for hydroxylation is 2. The lowest BCUT2D eigenvalue weighted by Crippen LogP contribution is -2.31. The fraction of sp³-hybridized carbons (Fsp3) is 0.750. The van der Waals surface area contributed by atoms with E-state index in [9.17, 15) is 4.79 Å². The summed E-state index contributed by atoms with van der Waals surface area (Å²) in [5.74, 6) is 0.314. The summed E-state index contributed by atoms with van der Waals surface area (Å²) < 4.78 is 0. The van der Waals surface area contributed by atoms with Crippen molar-refractivity contribution in [3.05, 3.63) is 17.0 Å². The number of nitrogens with zero attached hydrogens (tertiary/aromatic N) is 2. The Morgan fingerprint density at radius 3 is 2.70 bits per heavy atom.